The highest BCUT2D eigenvalue weighted by molar-refractivity contribution is 5.85. The Morgan fingerprint density at radius 2 is 1.85 bits per heavy atom. The van der Waals surface area contributed by atoms with E-state index in [1.165, 1.54) is 0 Å². The fourth-order valence-electron chi connectivity index (χ4n) is 3.28. The number of amides is 2. The van der Waals surface area contributed by atoms with Crippen LogP contribution in [0, 0.1) is 5.92 Å². The molecule has 1 fully saturated rings. The van der Waals surface area contributed by atoms with Crippen LogP contribution in [0.15, 0.2) is 30.3 Å². The number of benzene rings is 1. The summed E-state index contributed by atoms with van der Waals surface area (Å²) in [5, 5.41) is 3.02. The second-order valence-corrected chi connectivity index (χ2v) is 6.89. The fourth-order valence-corrected chi connectivity index (χ4v) is 3.28. The van der Waals surface area contributed by atoms with E-state index in [-0.39, 0.29) is 30.1 Å². The highest BCUT2D eigenvalue weighted by atomic mass is 35.5. The summed E-state index contributed by atoms with van der Waals surface area (Å²) in [5.74, 6) is 0.151. The largest absolute Gasteiger partial charge is 0.356 e. The van der Waals surface area contributed by atoms with Crippen LogP contribution in [-0.2, 0) is 16.0 Å². The third-order valence-electron chi connectivity index (χ3n) is 4.87. The molecule has 1 aliphatic rings. The normalized spacial score (nSPS) is 15.8. The molecule has 0 aromatic heterocycles. The van der Waals surface area contributed by atoms with Crippen molar-refractivity contribution in [3.8, 4) is 0 Å². The molecule has 0 aliphatic carbocycles. The number of nitrogens with zero attached hydrogens (tertiary/aromatic N) is 1. The second-order valence-electron chi connectivity index (χ2n) is 6.89. The quantitative estimate of drug-likeness (QED) is 0.679. The van der Waals surface area contributed by atoms with Crippen molar-refractivity contribution < 1.29 is 9.59 Å². The van der Waals surface area contributed by atoms with E-state index in [0.29, 0.717) is 19.5 Å². The van der Waals surface area contributed by atoms with Crippen molar-refractivity contribution in [2.24, 2.45) is 11.7 Å². The Labute approximate surface area is 163 Å². The van der Waals surface area contributed by atoms with E-state index >= 15 is 0 Å². The summed E-state index contributed by atoms with van der Waals surface area (Å²) in [6.07, 6.45) is 5.34. The topological polar surface area (TPSA) is 75.4 Å². The van der Waals surface area contributed by atoms with Crippen LogP contribution in [0.25, 0.3) is 0 Å². The minimum absolute atomic E-state index is 0. The van der Waals surface area contributed by atoms with Crippen molar-refractivity contribution in [3.63, 3.8) is 0 Å². The molecule has 0 saturated carbocycles. The number of piperidine rings is 1. The zero-order valence-electron chi connectivity index (χ0n) is 15.7. The van der Waals surface area contributed by atoms with Gasteiger partial charge < -0.3 is 16.0 Å². The van der Waals surface area contributed by atoms with Crippen LogP contribution in [0.3, 0.4) is 0 Å². The Hall–Kier alpha value is -1.59. The van der Waals surface area contributed by atoms with Crippen LogP contribution >= 0.6 is 12.4 Å². The van der Waals surface area contributed by atoms with Gasteiger partial charge in [0.15, 0.2) is 0 Å². The van der Waals surface area contributed by atoms with Crippen LogP contribution in [0.1, 0.15) is 44.6 Å². The molecular weight excluding hydrogens is 350 g/mol. The lowest BCUT2D eigenvalue weighted by molar-refractivity contribution is -0.136. The van der Waals surface area contributed by atoms with Crippen LogP contribution in [0.4, 0.5) is 0 Å². The maximum absolute atomic E-state index is 12.5. The van der Waals surface area contributed by atoms with Gasteiger partial charge in [-0.25, -0.2) is 0 Å². The molecule has 2 amide bonds. The van der Waals surface area contributed by atoms with E-state index in [1.54, 1.807) is 0 Å². The second kappa shape index (κ2) is 11.9. The number of halogens is 1. The summed E-state index contributed by atoms with van der Waals surface area (Å²) in [7, 11) is 0. The first kappa shape index (κ1) is 22.5. The summed E-state index contributed by atoms with van der Waals surface area (Å²) in [4.78, 5) is 26.5. The Morgan fingerprint density at radius 1 is 1.19 bits per heavy atom. The first-order valence-corrected chi connectivity index (χ1v) is 9.47. The highest BCUT2D eigenvalue weighted by Crippen LogP contribution is 2.18. The number of hydrogen-bond donors (Lipinski definition) is 2. The van der Waals surface area contributed by atoms with Gasteiger partial charge in [-0.15, -0.1) is 12.4 Å². The molecule has 0 spiro atoms. The summed E-state index contributed by atoms with van der Waals surface area (Å²) < 4.78 is 0. The zero-order chi connectivity index (χ0) is 18.1. The third-order valence-corrected chi connectivity index (χ3v) is 4.87. The minimum atomic E-state index is -0.512. The molecule has 1 aromatic rings. The molecule has 1 aromatic carbocycles. The Kier molecular flexibility index (Phi) is 10.3. The predicted molar refractivity (Wildman–Crippen MR) is 107 cm³/mol. The van der Waals surface area contributed by atoms with Gasteiger partial charge in [-0.1, -0.05) is 50.1 Å². The first-order valence-electron chi connectivity index (χ1n) is 9.47. The maximum atomic E-state index is 12.5. The van der Waals surface area contributed by atoms with Gasteiger partial charge in [0.25, 0.3) is 0 Å². The molecule has 6 heteroatoms. The average Bonchev–Trinajstić information content (AvgIpc) is 2.65. The number of carbonyl (C=O) groups excluding carboxylic acids is 2. The molecule has 0 unspecified atom stereocenters. The summed E-state index contributed by atoms with van der Waals surface area (Å²) in [6.45, 7) is 4.15. The molecule has 0 radical (unpaired) electrons. The number of unbranched alkanes of at least 4 members (excludes halogenated alkanes) is 2. The van der Waals surface area contributed by atoms with Gasteiger partial charge in [-0.2, -0.15) is 0 Å². The van der Waals surface area contributed by atoms with E-state index in [2.05, 4.69) is 12.2 Å². The SMILES string of the molecule is CCCCCNC(=O)C1CCN(C(=O)[C@@H](N)Cc2ccccc2)CC1.Cl. The molecular formula is C20H32ClN3O2. The smallest absolute Gasteiger partial charge is 0.239 e. The lowest BCUT2D eigenvalue weighted by Gasteiger charge is -2.33. The number of likely N-dealkylation sites (tertiary alicyclic amines) is 1. The molecule has 1 aliphatic heterocycles. The van der Waals surface area contributed by atoms with Gasteiger partial charge >= 0.3 is 0 Å². The molecule has 1 heterocycles. The molecule has 26 heavy (non-hydrogen) atoms. The van der Waals surface area contributed by atoms with E-state index in [0.717, 1.165) is 44.2 Å². The Balaban J connectivity index is 0.00000338. The monoisotopic (exact) mass is 381 g/mol. The molecule has 1 saturated heterocycles. The molecule has 5 nitrogen and oxygen atoms in total. The van der Waals surface area contributed by atoms with E-state index in [1.807, 2.05) is 35.2 Å². The zero-order valence-corrected chi connectivity index (χ0v) is 16.5. The number of nitrogens with two attached hydrogens (primary N) is 1. The number of nitrogens with one attached hydrogen (secondary N) is 1. The first-order chi connectivity index (χ1) is 12.1. The number of rotatable bonds is 8. The van der Waals surface area contributed by atoms with Gasteiger partial charge in [0.1, 0.15) is 0 Å². The van der Waals surface area contributed by atoms with Crippen molar-refractivity contribution >= 4 is 24.2 Å². The minimum Gasteiger partial charge on any atom is -0.356 e. The predicted octanol–water partition coefficient (Wildman–Crippen LogP) is 2.52. The van der Waals surface area contributed by atoms with Crippen LogP contribution in [0.5, 0.6) is 0 Å². The lowest BCUT2D eigenvalue weighted by Crippen LogP contribution is -2.49. The molecule has 2 rings (SSSR count). The van der Waals surface area contributed by atoms with Gasteiger partial charge in [-0.3, -0.25) is 9.59 Å². The van der Waals surface area contributed by atoms with Crippen LogP contribution < -0.4 is 11.1 Å². The Bertz CT molecular complexity index is 545. The third kappa shape index (κ3) is 6.96. The maximum Gasteiger partial charge on any atom is 0.239 e. The molecule has 3 N–H and O–H groups in total. The molecule has 0 bridgehead atoms. The van der Waals surface area contributed by atoms with Crippen molar-refractivity contribution in [2.45, 2.75) is 51.5 Å². The van der Waals surface area contributed by atoms with Crippen molar-refractivity contribution in [1.29, 1.82) is 0 Å². The molecule has 1 atom stereocenters. The molecule has 146 valence electrons. The van der Waals surface area contributed by atoms with Crippen molar-refractivity contribution in [2.75, 3.05) is 19.6 Å². The number of carbonyl (C=O) groups is 2. The average molecular weight is 382 g/mol. The van der Waals surface area contributed by atoms with Crippen molar-refractivity contribution in [1.82, 2.24) is 10.2 Å². The van der Waals surface area contributed by atoms with Crippen LogP contribution in [-0.4, -0.2) is 42.4 Å². The summed E-state index contributed by atoms with van der Waals surface area (Å²) in [6, 6.07) is 9.33. The Morgan fingerprint density at radius 3 is 2.46 bits per heavy atom. The standard InChI is InChI=1S/C20H31N3O2.ClH/c1-2-3-7-12-22-19(24)17-10-13-23(14-11-17)20(25)18(21)15-16-8-5-4-6-9-16;/h4-6,8-9,17-18H,2-3,7,10-15,21H2,1H3,(H,22,24);1H/t18-;/m0./s1. The fraction of sp³-hybridized carbons (Fsp3) is 0.600. The summed E-state index contributed by atoms with van der Waals surface area (Å²) in [5.41, 5.74) is 7.17. The van der Waals surface area contributed by atoms with Gasteiger partial charge in [-0.05, 0) is 31.2 Å². The number of hydrogen-bond acceptors (Lipinski definition) is 3. The van der Waals surface area contributed by atoms with Crippen molar-refractivity contribution in [3.05, 3.63) is 35.9 Å². The van der Waals surface area contributed by atoms with E-state index in [4.69, 9.17) is 5.73 Å². The lowest BCUT2D eigenvalue weighted by atomic mass is 9.95. The van der Waals surface area contributed by atoms with Gasteiger partial charge in [0, 0.05) is 25.6 Å². The van der Waals surface area contributed by atoms with Gasteiger partial charge in [0.2, 0.25) is 11.8 Å². The highest BCUT2D eigenvalue weighted by Gasteiger charge is 2.29. The van der Waals surface area contributed by atoms with Gasteiger partial charge in [0.05, 0.1) is 6.04 Å². The van der Waals surface area contributed by atoms with E-state index < -0.39 is 6.04 Å². The summed E-state index contributed by atoms with van der Waals surface area (Å²) >= 11 is 0. The van der Waals surface area contributed by atoms with Crippen LogP contribution in [0.2, 0.25) is 0 Å². The van der Waals surface area contributed by atoms with E-state index in [9.17, 15) is 9.59 Å².